The second-order valence-corrected chi connectivity index (χ2v) is 6.68. The molecule has 0 spiro atoms. The first-order valence-corrected chi connectivity index (χ1v) is 7.05. The number of alkyl halides is 3. The summed E-state index contributed by atoms with van der Waals surface area (Å²) in [6.07, 6.45) is 2.72. The molecule has 1 heterocycles. The molecule has 122 valence electrons. The van der Waals surface area contributed by atoms with E-state index < -0.39 is 30.3 Å². The van der Waals surface area contributed by atoms with Gasteiger partial charge in [0.2, 0.25) is 0 Å². The first-order valence-electron chi connectivity index (χ1n) is 7.05. The van der Waals surface area contributed by atoms with E-state index in [2.05, 4.69) is 4.74 Å². The lowest BCUT2D eigenvalue weighted by Gasteiger charge is -2.32. The number of ether oxygens (including phenoxy) is 1. The third-order valence-corrected chi connectivity index (χ3v) is 4.18. The van der Waals surface area contributed by atoms with Gasteiger partial charge in [-0.15, -0.1) is 13.2 Å². The van der Waals surface area contributed by atoms with Crippen molar-refractivity contribution in [3.63, 3.8) is 0 Å². The van der Waals surface area contributed by atoms with Crippen molar-refractivity contribution in [1.82, 2.24) is 0 Å². The Morgan fingerprint density at radius 1 is 1.00 bits per heavy atom. The molecule has 1 atom stereocenters. The smallest absolute Gasteiger partial charge is 0.399 e. The van der Waals surface area contributed by atoms with E-state index in [1.54, 1.807) is 12.2 Å². The van der Waals surface area contributed by atoms with E-state index in [9.17, 15) is 13.2 Å². The highest BCUT2D eigenvalue weighted by Gasteiger charge is 2.52. The summed E-state index contributed by atoms with van der Waals surface area (Å²) >= 11 is 0. The molecule has 1 aliphatic heterocycles. The van der Waals surface area contributed by atoms with Crippen LogP contribution >= 0.6 is 0 Å². The van der Waals surface area contributed by atoms with E-state index in [1.807, 2.05) is 27.7 Å². The lowest BCUT2D eigenvalue weighted by Crippen LogP contribution is -2.41. The maximum Gasteiger partial charge on any atom is 0.523 e. The van der Waals surface area contributed by atoms with Gasteiger partial charge in [-0.05, 0) is 52.2 Å². The van der Waals surface area contributed by atoms with Crippen LogP contribution in [0.4, 0.5) is 13.2 Å². The zero-order valence-corrected chi connectivity index (χ0v) is 13.3. The Hall–Kier alpha value is -1.05. The van der Waals surface area contributed by atoms with Crippen molar-refractivity contribution in [2.75, 3.05) is 0 Å². The van der Waals surface area contributed by atoms with Gasteiger partial charge in [0.05, 0.1) is 11.2 Å². The lowest BCUT2D eigenvalue weighted by molar-refractivity contribution is -0.347. The minimum Gasteiger partial charge on any atom is -0.399 e. The monoisotopic (exact) mass is 316 g/mol. The SMILES string of the molecule is CC1(OC(F)(F)F)C=CC=C(B2OC(C)(C)C(C)(C)O2)C=C1. The first kappa shape index (κ1) is 17.3. The fourth-order valence-electron chi connectivity index (χ4n) is 2.18. The number of allylic oxidation sites excluding steroid dienone is 4. The second kappa shape index (κ2) is 5.25. The Kier molecular flexibility index (Phi) is 4.13. The third kappa shape index (κ3) is 3.64. The Morgan fingerprint density at radius 3 is 2.05 bits per heavy atom. The van der Waals surface area contributed by atoms with Crippen molar-refractivity contribution >= 4 is 7.12 Å². The fraction of sp³-hybridized carbons (Fsp3) is 0.600. The van der Waals surface area contributed by atoms with E-state index in [1.165, 1.54) is 25.2 Å². The Labute approximate surface area is 128 Å². The summed E-state index contributed by atoms with van der Waals surface area (Å²) < 4.78 is 53.3. The van der Waals surface area contributed by atoms with Gasteiger partial charge in [-0.1, -0.05) is 18.2 Å². The van der Waals surface area contributed by atoms with Crippen LogP contribution in [0.15, 0.2) is 35.9 Å². The van der Waals surface area contributed by atoms with Crippen LogP contribution < -0.4 is 0 Å². The topological polar surface area (TPSA) is 27.7 Å². The number of rotatable bonds is 2. The van der Waals surface area contributed by atoms with Crippen molar-refractivity contribution < 1.29 is 27.2 Å². The summed E-state index contributed by atoms with van der Waals surface area (Å²) in [5.74, 6) is 0. The van der Waals surface area contributed by atoms with Gasteiger partial charge in [-0.2, -0.15) is 0 Å². The highest BCUT2D eigenvalue weighted by Crippen LogP contribution is 2.39. The molecule has 1 fully saturated rings. The Bertz CT molecular complexity index is 519. The first-order chi connectivity index (χ1) is 9.84. The largest absolute Gasteiger partial charge is 0.523 e. The molecule has 0 aromatic carbocycles. The van der Waals surface area contributed by atoms with E-state index in [-0.39, 0.29) is 0 Å². The van der Waals surface area contributed by atoms with E-state index in [0.717, 1.165) is 0 Å². The number of hydrogen-bond acceptors (Lipinski definition) is 3. The zero-order chi connectivity index (χ0) is 16.8. The van der Waals surface area contributed by atoms with E-state index in [4.69, 9.17) is 9.31 Å². The molecule has 1 saturated heterocycles. The van der Waals surface area contributed by atoms with Crippen LogP contribution in [0.2, 0.25) is 0 Å². The van der Waals surface area contributed by atoms with Crippen molar-refractivity contribution in [1.29, 1.82) is 0 Å². The Morgan fingerprint density at radius 2 is 1.55 bits per heavy atom. The normalized spacial score (nSPS) is 30.4. The average Bonchev–Trinajstić information content (AvgIpc) is 2.44. The zero-order valence-electron chi connectivity index (χ0n) is 13.3. The summed E-state index contributed by atoms with van der Waals surface area (Å²) in [5, 5.41) is 0. The van der Waals surface area contributed by atoms with Crippen molar-refractivity contribution in [3.8, 4) is 0 Å². The van der Waals surface area contributed by atoms with Crippen molar-refractivity contribution in [3.05, 3.63) is 35.9 Å². The van der Waals surface area contributed by atoms with Gasteiger partial charge in [0.25, 0.3) is 0 Å². The van der Waals surface area contributed by atoms with Crippen LogP contribution in [0.3, 0.4) is 0 Å². The summed E-state index contributed by atoms with van der Waals surface area (Å²) in [4.78, 5) is 0. The third-order valence-electron chi connectivity index (χ3n) is 4.18. The molecule has 0 N–H and O–H groups in total. The van der Waals surface area contributed by atoms with Crippen molar-refractivity contribution in [2.24, 2.45) is 0 Å². The van der Waals surface area contributed by atoms with E-state index in [0.29, 0.717) is 5.47 Å². The predicted molar refractivity (Wildman–Crippen MR) is 78.0 cm³/mol. The van der Waals surface area contributed by atoms with Gasteiger partial charge in [-0.25, -0.2) is 0 Å². The molecular weight excluding hydrogens is 296 g/mol. The molecule has 1 unspecified atom stereocenters. The molecule has 0 saturated carbocycles. The second-order valence-electron chi connectivity index (χ2n) is 6.68. The molecule has 2 aliphatic rings. The summed E-state index contributed by atoms with van der Waals surface area (Å²) in [6, 6.07) is 0. The minimum atomic E-state index is -4.71. The van der Waals surface area contributed by atoms with Crippen LogP contribution in [0, 0.1) is 0 Å². The van der Waals surface area contributed by atoms with Crippen molar-refractivity contribution in [2.45, 2.75) is 57.8 Å². The summed E-state index contributed by atoms with van der Waals surface area (Å²) in [6.45, 7) is 9.01. The molecule has 0 aromatic rings. The summed E-state index contributed by atoms with van der Waals surface area (Å²) in [7, 11) is -0.626. The molecule has 2 rings (SSSR count). The van der Waals surface area contributed by atoms with Gasteiger partial charge in [0.1, 0.15) is 5.60 Å². The van der Waals surface area contributed by atoms with E-state index >= 15 is 0 Å². The van der Waals surface area contributed by atoms with Gasteiger partial charge in [-0.3, -0.25) is 4.74 Å². The molecule has 0 amide bonds. The van der Waals surface area contributed by atoms with Gasteiger partial charge >= 0.3 is 13.5 Å². The van der Waals surface area contributed by atoms with Gasteiger partial charge in [0, 0.05) is 0 Å². The molecular formula is C15H20BF3O3. The molecule has 7 heteroatoms. The molecule has 3 nitrogen and oxygen atoms in total. The maximum absolute atomic E-state index is 12.5. The van der Waals surface area contributed by atoms with Crippen LogP contribution in [0.5, 0.6) is 0 Å². The van der Waals surface area contributed by atoms with Crippen LogP contribution in [0.1, 0.15) is 34.6 Å². The Balaban J connectivity index is 2.17. The predicted octanol–water partition coefficient (Wildman–Crippen LogP) is 3.97. The molecule has 22 heavy (non-hydrogen) atoms. The molecule has 0 bridgehead atoms. The lowest BCUT2D eigenvalue weighted by atomic mass is 9.77. The number of hydrogen-bond donors (Lipinski definition) is 0. The molecule has 0 radical (unpaired) electrons. The minimum absolute atomic E-state index is 0.506. The molecule has 1 aliphatic carbocycles. The van der Waals surface area contributed by atoms with Crippen LogP contribution in [0.25, 0.3) is 0 Å². The molecule has 0 aromatic heterocycles. The average molecular weight is 316 g/mol. The van der Waals surface area contributed by atoms with Crippen LogP contribution in [-0.4, -0.2) is 30.3 Å². The van der Waals surface area contributed by atoms with Gasteiger partial charge < -0.3 is 9.31 Å². The summed E-state index contributed by atoms with van der Waals surface area (Å²) in [5.41, 5.74) is -1.92. The van der Waals surface area contributed by atoms with Gasteiger partial charge in [0.15, 0.2) is 0 Å². The highest BCUT2D eigenvalue weighted by molar-refractivity contribution is 6.55. The van der Waals surface area contributed by atoms with Crippen LogP contribution in [-0.2, 0) is 14.0 Å². The fourth-order valence-corrected chi connectivity index (χ4v) is 2.18. The number of halogens is 3. The highest BCUT2D eigenvalue weighted by atomic mass is 19.4. The maximum atomic E-state index is 12.5. The standard InChI is InChI=1S/C15H20BF3O3/c1-12(2)13(3,4)22-16(21-12)11-7-6-9-14(5,10-8-11)20-15(17,18)19/h6-10H,1-5H3. The quantitative estimate of drug-likeness (QED) is 0.722.